The van der Waals surface area contributed by atoms with E-state index in [9.17, 15) is 9.59 Å². The highest BCUT2D eigenvalue weighted by Gasteiger charge is 2.16. The molecule has 0 aliphatic heterocycles. The SMILES string of the molecule is C=C(O)CC.CC(C)(C)OC(=O)NCCNCCNCCNC(=O)OC(C)(C)C. The van der Waals surface area contributed by atoms with E-state index in [1.807, 2.05) is 48.5 Å². The summed E-state index contributed by atoms with van der Waals surface area (Å²) in [6.07, 6.45) is -0.147. The summed E-state index contributed by atoms with van der Waals surface area (Å²) in [6.45, 7) is 19.9. The second-order valence-electron chi connectivity index (χ2n) is 8.28. The molecule has 0 aromatic rings. The first-order valence-corrected chi connectivity index (χ1v) is 9.98. The van der Waals surface area contributed by atoms with Crippen molar-refractivity contribution in [1.29, 1.82) is 0 Å². The first-order chi connectivity index (χ1) is 13.3. The van der Waals surface area contributed by atoms with E-state index in [0.29, 0.717) is 32.6 Å². The fourth-order valence-electron chi connectivity index (χ4n) is 1.56. The molecular formula is C20H42N4O5. The Bertz CT molecular complexity index is 434. The third-order valence-corrected chi connectivity index (χ3v) is 2.83. The second-order valence-corrected chi connectivity index (χ2v) is 8.28. The summed E-state index contributed by atoms with van der Waals surface area (Å²) >= 11 is 0. The molecule has 0 unspecified atom stereocenters. The van der Waals surface area contributed by atoms with Crippen LogP contribution in [0, 0.1) is 0 Å². The van der Waals surface area contributed by atoms with Gasteiger partial charge < -0.3 is 35.8 Å². The molecular weight excluding hydrogens is 376 g/mol. The predicted octanol–water partition coefficient (Wildman–Crippen LogP) is 2.68. The van der Waals surface area contributed by atoms with Crippen LogP contribution in [0.3, 0.4) is 0 Å². The van der Waals surface area contributed by atoms with Crippen LogP contribution in [0.2, 0.25) is 0 Å². The maximum absolute atomic E-state index is 11.4. The van der Waals surface area contributed by atoms with E-state index < -0.39 is 23.4 Å². The van der Waals surface area contributed by atoms with Crippen LogP contribution in [0.15, 0.2) is 12.3 Å². The van der Waals surface area contributed by atoms with Gasteiger partial charge in [0.1, 0.15) is 11.2 Å². The van der Waals surface area contributed by atoms with Crippen LogP contribution in [0.5, 0.6) is 0 Å². The summed E-state index contributed by atoms with van der Waals surface area (Å²) < 4.78 is 10.2. The highest BCUT2D eigenvalue weighted by Crippen LogP contribution is 2.06. The van der Waals surface area contributed by atoms with Gasteiger partial charge in [0.25, 0.3) is 0 Å². The summed E-state index contributed by atoms with van der Waals surface area (Å²) in [4.78, 5) is 22.8. The average Bonchev–Trinajstić information content (AvgIpc) is 2.53. The van der Waals surface area contributed by atoms with Crippen molar-refractivity contribution in [2.24, 2.45) is 0 Å². The molecule has 0 aliphatic carbocycles. The van der Waals surface area contributed by atoms with E-state index >= 15 is 0 Å². The Balaban J connectivity index is 0. The zero-order chi connectivity index (χ0) is 22.9. The van der Waals surface area contributed by atoms with Crippen molar-refractivity contribution < 1.29 is 24.2 Å². The number of rotatable bonds is 10. The molecule has 0 fully saturated rings. The van der Waals surface area contributed by atoms with Gasteiger partial charge in [-0.05, 0) is 41.5 Å². The highest BCUT2D eigenvalue weighted by atomic mass is 16.6. The first kappa shape index (κ1) is 29.2. The third kappa shape index (κ3) is 28.3. The molecule has 0 heterocycles. The standard InChI is InChI=1S/C16H34N4O4.C4H8O/c1-15(2,3)23-13(21)19-11-9-17-7-8-18-10-12-20-14(22)24-16(4,5)6;1-3-4(2)5/h17-18H,7-12H2,1-6H3,(H,19,21)(H,20,22);5H,2-3H2,1H3. The zero-order valence-corrected chi connectivity index (χ0v) is 19.2. The number of amides is 2. The minimum Gasteiger partial charge on any atom is -0.513 e. The number of nitrogens with one attached hydrogen (secondary N) is 4. The molecule has 0 aromatic heterocycles. The van der Waals surface area contributed by atoms with E-state index in [0.717, 1.165) is 13.1 Å². The highest BCUT2D eigenvalue weighted by molar-refractivity contribution is 5.67. The van der Waals surface area contributed by atoms with Crippen LogP contribution in [0.25, 0.3) is 0 Å². The fraction of sp³-hybridized carbons (Fsp3) is 0.800. The number of allylic oxidation sites excluding steroid dienone is 1. The summed E-state index contributed by atoms with van der Waals surface area (Å²) in [6, 6.07) is 0. The Hall–Kier alpha value is -2.00. The van der Waals surface area contributed by atoms with E-state index in [4.69, 9.17) is 14.6 Å². The molecule has 9 heteroatoms. The van der Waals surface area contributed by atoms with Crippen molar-refractivity contribution in [3.05, 3.63) is 12.3 Å². The number of ether oxygens (including phenoxy) is 2. The minimum atomic E-state index is -0.477. The van der Waals surface area contributed by atoms with Gasteiger partial charge in [-0.1, -0.05) is 13.5 Å². The van der Waals surface area contributed by atoms with Crippen LogP contribution in [0.1, 0.15) is 54.9 Å². The molecule has 5 N–H and O–H groups in total. The van der Waals surface area contributed by atoms with E-state index in [-0.39, 0.29) is 5.76 Å². The van der Waals surface area contributed by atoms with Gasteiger partial charge in [0.15, 0.2) is 0 Å². The lowest BCUT2D eigenvalue weighted by Crippen LogP contribution is -2.39. The smallest absolute Gasteiger partial charge is 0.407 e. The van der Waals surface area contributed by atoms with Crippen molar-refractivity contribution in [1.82, 2.24) is 21.3 Å². The molecule has 29 heavy (non-hydrogen) atoms. The Morgan fingerprint density at radius 2 is 1.03 bits per heavy atom. The number of alkyl carbamates (subject to hydrolysis) is 2. The number of carbonyl (C=O) groups excluding carboxylic acids is 2. The lowest BCUT2D eigenvalue weighted by molar-refractivity contribution is 0.0516. The van der Waals surface area contributed by atoms with Crippen LogP contribution >= 0.6 is 0 Å². The molecule has 0 atom stereocenters. The molecule has 0 rings (SSSR count). The fourth-order valence-corrected chi connectivity index (χ4v) is 1.56. The van der Waals surface area contributed by atoms with Crippen molar-refractivity contribution in [3.63, 3.8) is 0 Å². The maximum atomic E-state index is 11.4. The maximum Gasteiger partial charge on any atom is 0.407 e. The van der Waals surface area contributed by atoms with Crippen molar-refractivity contribution in [2.45, 2.75) is 66.1 Å². The molecule has 0 aliphatic rings. The lowest BCUT2D eigenvalue weighted by Gasteiger charge is -2.20. The number of hydrogen-bond donors (Lipinski definition) is 5. The topological polar surface area (TPSA) is 121 Å². The average molecular weight is 419 g/mol. The Morgan fingerprint density at radius 3 is 1.28 bits per heavy atom. The van der Waals surface area contributed by atoms with Crippen molar-refractivity contribution >= 4 is 12.2 Å². The molecule has 0 radical (unpaired) electrons. The Kier molecular flexibility index (Phi) is 16.0. The molecule has 0 saturated carbocycles. The van der Waals surface area contributed by atoms with Crippen LogP contribution < -0.4 is 21.3 Å². The van der Waals surface area contributed by atoms with E-state index in [1.54, 1.807) is 0 Å². The number of carbonyl (C=O) groups is 2. The number of aliphatic hydroxyl groups is 1. The quantitative estimate of drug-likeness (QED) is 0.273. The molecule has 172 valence electrons. The molecule has 2 amide bonds. The molecule has 0 saturated heterocycles. The van der Waals surface area contributed by atoms with Gasteiger partial charge >= 0.3 is 12.2 Å². The van der Waals surface area contributed by atoms with Gasteiger partial charge in [-0.2, -0.15) is 0 Å². The largest absolute Gasteiger partial charge is 0.513 e. The van der Waals surface area contributed by atoms with E-state index in [2.05, 4.69) is 27.8 Å². The van der Waals surface area contributed by atoms with Crippen molar-refractivity contribution in [3.8, 4) is 0 Å². The third-order valence-electron chi connectivity index (χ3n) is 2.83. The van der Waals surface area contributed by atoms with Crippen LogP contribution in [0.4, 0.5) is 9.59 Å². The monoisotopic (exact) mass is 418 g/mol. The van der Waals surface area contributed by atoms with Gasteiger partial charge in [-0.25, -0.2) is 9.59 Å². The normalized spacial score (nSPS) is 11.0. The zero-order valence-electron chi connectivity index (χ0n) is 19.2. The second kappa shape index (κ2) is 15.9. The van der Waals surface area contributed by atoms with Gasteiger partial charge in [-0.3, -0.25) is 0 Å². The molecule has 0 bridgehead atoms. The molecule has 9 nitrogen and oxygen atoms in total. The van der Waals surface area contributed by atoms with E-state index in [1.165, 1.54) is 0 Å². The number of hydrogen-bond acceptors (Lipinski definition) is 7. The van der Waals surface area contributed by atoms with Crippen LogP contribution in [-0.2, 0) is 9.47 Å². The van der Waals surface area contributed by atoms with Gasteiger partial charge in [-0.15, -0.1) is 0 Å². The lowest BCUT2D eigenvalue weighted by atomic mass is 10.2. The molecule has 0 spiro atoms. The van der Waals surface area contributed by atoms with Gasteiger partial charge in [0.2, 0.25) is 0 Å². The predicted molar refractivity (Wildman–Crippen MR) is 116 cm³/mol. The van der Waals surface area contributed by atoms with Gasteiger partial charge in [0, 0.05) is 45.7 Å². The Morgan fingerprint density at radius 1 is 0.759 bits per heavy atom. The molecule has 0 aromatic carbocycles. The summed E-state index contributed by atoms with van der Waals surface area (Å²) in [7, 11) is 0. The first-order valence-electron chi connectivity index (χ1n) is 9.98. The van der Waals surface area contributed by atoms with Crippen molar-refractivity contribution in [2.75, 3.05) is 39.3 Å². The van der Waals surface area contributed by atoms with Gasteiger partial charge in [0.05, 0.1) is 5.76 Å². The summed E-state index contributed by atoms with van der Waals surface area (Å²) in [5, 5.41) is 19.9. The summed E-state index contributed by atoms with van der Waals surface area (Å²) in [5.41, 5.74) is -0.955. The summed E-state index contributed by atoms with van der Waals surface area (Å²) in [5.74, 6) is 0.255. The van der Waals surface area contributed by atoms with Crippen LogP contribution in [-0.4, -0.2) is 67.8 Å². The minimum absolute atomic E-state index is 0.255. The number of aliphatic hydroxyl groups excluding tert-OH is 1. The Labute approximate surface area is 176 Å².